The van der Waals surface area contributed by atoms with Crippen molar-refractivity contribution in [1.82, 2.24) is 0 Å². The Morgan fingerprint density at radius 1 is 1.52 bits per heavy atom. The number of rotatable bonds is 4. The minimum atomic E-state index is -0.857. The molecule has 4 nitrogen and oxygen atoms in total. The highest BCUT2D eigenvalue weighted by Crippen LogP contribution is 2.48. The molecule has 2 atom stereocenters. The van der Waals surface area contributed by atoms with Crippen LogP contribution in [0, 0.1) is 18.3 Å². The molecule has 1 N–H and O–H groups in total. The summed E-state index contributed by atoms with van der Waals surface area (Å²) < 4.78 is 6.96. The topological polar surface area (TPSA) is 70.3 Å². The summed E-state index contributed by atoms with van der Waals surface area (Å²) in [5.41, 5.74) is 2.97. The molecule has 0 saturated heterocycles. The van der Waals surface area contributed by atoms with Gasteiger partial charge in [-0.2, -0.15) is 5.26 Å². The molecule has 0 bridgehead atoms. The molecule has 2 aromatic rings. The van der Waals surface area contributed by atoms with Crippen LogP contribution in [0.3, 0.4) is 0 Å². The van der Waals surface area contributed by atoms with E-state index in [0.29, 0.717) is 12.2 Å². The van der Waals surface area contributed by atoms with Crippen LogP contribution in [-0.2, 0) is 9.53 Å². The smallest absolute Gasteiger partial charge is 0.306 e. The SMILES string of the molecule is CCCC1COC(CC(=O)O)c2sc3c(C)ccc(C#N)c3c21. The lowest BCUT2D eigenvalue weighted by Gasteiger charge is -2.29. The minimum Gasteiger partial charge on any atom is -0.481 e. The number of ether oxygens (including phenoxy) is 1. The van der Waals surface area contributed by atoms with Gasteiger partial charge in [0.1, 0.15) is 6.10 Å². The Labute approximate surface area is 139 Å². The second-order valence-corrected chi connectivity index (χ2v) is 7.08. The summed E-state index contributed by atoms with van der Waals surface area (Å²) in [4.78, 5) is 12.2. The maximum atomic E-state index is 11.2. The Kier molecular flexibility index (Phi) is 4.38. The summed E-state index contributed by atoms with van der Waals surface area (Å²) in [6.45, 7) is 4.70. The molecule has 0 aliphatic carbocycles. The number of aryl methyl sites for hydroxylation is 1. The first-order chi connectivity index (χ1) is 11.1. The molecule has 120 valence electrons. The largest absolute Gasteiger partial charge is 0.481 e. The first-order valence-corrected chi connectivity index (χ1v) is 8.67. The molecule has 23 heavy (non-hydrogen) atoms. The van der Waals surface area contributed by atoms with Crippen molar-refractivity contribution in [1.29, 1.82) is 5.26 Å². The number of nitrogens with zero attached hydrogens (tertiary/aromatic N) is 1. The summed E-state index contributed by atoms with van der Waals surface area (Å²) >= 11 is 1.60. The molecule has 0 saturated carbocycles. The van der Waals surface area contributed by atoms with Crippen LogP contribution in [0.15, 0.2) is 12.1 Å². The van der Waals surface area contributed by atoms with Gasteiger partial charge in [-0.05, 0) is 30.5 Å². The maximum absolute atomic E-state index is 11.2. The zero-order valence-corrected chi connectivity index (χ0v) is 14.1. The fourth-order valence-electron chi connectivity index (χ4n) is 3.39. The number of nitriles is 1. The van der Waals surface area contributed by atoms with Crippen LogP contribution in [0.1, 0.15) is 59.8 Å². The summed E-state index contributed by atoms with van der Waals surface area (Å²) in [5.74, 6) is -0.618. The minimum absolute atomic E-state index is 0.0282. The van der Waals surface area contributed by atoms with Gasteiger partial charge < -0.3 is 9.84 Å². The molecule has 0 spiro atoms. The molecule has 2 unspecified atom stereocenters. The van der Waals surface area contributed by atoms with Crippen molar-refractivity contribution in [3.8, 4) is 6.07 Å². The number of aliphatic carboxylic acids is 1. The molecule has 0 amide bonds. The van der Waals surface area contributed by atoms with Crippen LogP contribution >= 0.6 is 11.3 Å². The highest BCUT2D eigenvalue weighted by atomic mass is 32.1. The van der Waals surface area contributed by atoms with Crippen LogP contribution < -0.4 is 0 Å². The normalized spacial score (nSPS) is 20.2. The van der Waals surface area contributed by atoms with Gasteiger partial charge in [0, 0.05) is 20.9 Å². The molecule has 5 heteroatoms. The van der Waals surface area contributed by atoms with Crippen molar-refractivity contribution in [2.45, 2.75) is 45.1 Å². The van der Waals surface area contributed by atoms with E-state index < -0.39 is 12.1 Å². The lowest BCUT2D eigenvalue weighted by Crippen LogP contribution is -2.21. The summed E-state index contributed by atoms with van der Waals surface area (Å²) in [6.07, 6.45) is 1.58. The van der Waals surface area contributed by atoms with E-state index in [-0.39, 0.29) is 12.3 Å². The second-order valence-electron chi connectivity index (χ2n) is 6.03. The van der Waals surface area contributed by atoms with Crippen molar-refractivity contribution in [2.24, 2.45) is 0 Å². The van der Waals surface area contributed by atoms with Crippen molar-refractivity contribution in [3.63, 3.8) is 0 Å². The number of carbonyl (C=O) groups is 1. The first kappa shape index (κ1) is 16.0. The Bertz CT molecular complexity index is 803. The van der Waals surface area contributed by atoms with Crippen molar-refractivity contribution in [3.05, 3.63) is 33.7 Å². The van der Waals surface area contributed by atoms with Crippen LogP contribution in [0.2, 0.25) is 0 Å². The number of carboxylic acid groups (broad SMARTS) is 1. The van der Waals surface area contributed by atoms with Crippen molar-refractivity contribution < 1.29 is 14.6 Å². The first-order valence-electron chi connectivity index (χ1n) is 7.86. The second kappa shape index (κ2) is 6.31. The fraction of sp³-hybridized carbons (Fsp3) is 0.444. The third-order valence-corrected chi connectivity index (χ3v) is 5.85. The third-order valence-electron chi connectivity index (χ3n) is 4.42. The third kappa shape index (κ3) is 2.73. The zero-order chi connectivity index (χ0) is 16.6. The summed E-state index contributed by atoms with van der Waals surface area (Å²) in [6, 6.07) is 6.13. The van der Waals surface area contributed by atoms with E-state index in [1.165, 1.54) is 0 Å². The van der Waals surface area contributed by atoms with Crippen LogP contribution in [-0.4, -0.2) is 17.7 Å². The van der Waals surface area contributed by atoms with E-state index in [4.69, 9.17) is 9.84 Å². The van der Waals surface area contributed by atoms with Gasteiger partial charge >= 0.3 is 5.97 Å². The predicted octanol–water partition coefficient (Wildman–Crippen LogP) is 4.51. The molecule has 1 aliphatic rings. The van der Waals surface area contributed by atoms with E-state index in [2.05, 4.69) is 13.0 Å². The number of hydrogen-bond acceptors (Lipinski definition) is 4. The molecule has 1 aromatic heterocycles. The summed E-state index contributed by atoms with van der Waals surface area (Å²) in [7, 11) is 0. The highest BCUT2D eigenvalue weighted by molar-refractivity contribution is 7.19. The van der Waals surface area contributed by atoms with Crippen LogP contribution in [0.4, 0.5) is 0 Å². The van der Waals surface area contributed by atoms with Gasteiger partial charge in [0.15, 0.2) is 0 Å². The molecule has 1 aromatic carbocycles. The average molecular weight is 329 g/mol. The average Bonchev–Trinajstić information content (AvgIpc) is 2.92. The number of hydrogen-bond donors (Lipinski definition) is 1. The lowest BCUT2D eigenvalue weighted by molar-refractivity contribution is -0.140. The molecule has 3 rings (SSSR count). The maximum Gasteiger partial charge on any atom is 0.306 e. The number of thiophene rings is 1. The molecule has 0 radical (unpaired) electrons. The monoisotopic (exact) mass is 329 g/mol. The van der Waals surface area contributed by atoms with Crippen molar-refractivity contribution in [2.75, 3.05) is 6.61 Å². The van der Waals surface area contributed by atoms with Gasteiger partial charge in [-0.3, -0.25) is 4.79 Å². The van der Waals surface area contributed by atoms with E-state index in [1.54, 1.807) is 11.3 Å². The Morgan fingerprint density at radius 3 is 2.96 bits per heavy atom. The molecule has 2 heterocycles. The van der Waals surface area contributed by atoms with Gasteiger partial charge in [0.25, 0.3) is 0 Å². The Balaban J connectivity index is 2.26. The highest BCUT2D eigenvalue weighted by Gasteiger charge is 2.33. The predicted molar refractivity (Wildman–Crippen MR) is 89.9 cm³/mol. The van der Waals surface area contributed by atoms with E-state index >= 15 is 0 Å². The molecular weight excluding hydrogens is 310 g/mol. The Hall–Kier alpha value is -1.90. The lowest BCUT2D eigenvalue weighted by atomic mass is 9.87. The zero-order valence-electron chi connectivity index (χ0n) is 13.3. The van der Waals surface area contributed by atoms with Gasteiger partial charge in [0.05, 0.1) is 24.7 Å². The van der Waals surface area contributed by atoms with Gasteiger partial charge in [-0.15, -0.1) is 11.3 Å². The van der Waals surface area contributed by atoms with Crippen LogP contribution in [0.25, 0.3) is 10.1 Å². The van der Waals surface area contributed by atoms with E-state index in [0.717, 1.165) is 38.9 Å². The molecular formula is C18H19NO3S. The van der Waals surface area contributed by atoms with Crippen molar-refractivity contribution >= 4 is 27.4 Å². The van der Waals surface area contributed by atoms with E-state index in [9.17, 15) is 10.1 Å². The summed E-state index contributed by atoms with van der Waals surface area (Å²) in [5, 5.41) is 19.7. The van der Waals surface area contributed by atoms with Crippen LogP contribution in [0.5, 0.6) is 0 Å². The van der Waals surface area contributed by atoms with Gasteiger partial charge in [0.2, 0.25) is 0 Å². The van der Waals surface area contributed by atoms with E-state index in [1.807, 2.05) is 19.1 Å². The molecule has 1 aliphatic heterocycles. The number of carboxylic acids is 1. The van der Waals surface area contributed by atoms with Gasteiger partial charge in [-0.1, -0.05) is 19.4 Å². The molecule has 0 fully saturated rings. The Morgan fingerprint density at radius 2 is 2.30 bits per heavy atom. The standard InChI is InChI=1S/C18H19NO3S/c1-3-4-12-9-22-13(7-14(20)21)18-16(12)15-11(8-19)6-5-10(2)17(15)23-18/h5-6,12-13H,3-4,7,9H2,1-2H3,(H,20,21). The quantitative estimate of drug-likeness (QED) is 0.896. The number of benzene rings is 1. The van der Waals surface area contributed by atoms with Gasteiger partial charge in [-0.25, -0.2) is 0 Å². The fourth-order valence-corrected chi connectivity index (χ4v) is 4.82. The number of fused-ring (bicyclic) bond motifs is 3.